The Bertz CT molecular complexity index is 1470. The summed E-state index contributed by atoms with van der Waals surface area (Å²) in [6, 6.07) is 18.7. The molecule has 1 aliphatic heterocycles. The molecule has 132 valence electrons. The number of pyridine rings is 2. The van der Waals surface area contributed by atoms with Crippen LogP contribution in [0.25, 0.3) is 49.8 Å². The van der Waals surface area contributed by atoms with E-state index >= 15 is 0 Å². The Balaban J connectivity index is 1.78. The van der Waals surface area contributed by atoms with Gasteiger partial charge in [-0.2, -0.15) is 0 Å². The van der Waals surface area contributed by atoms with Crippen molar-refractivity contribution >= 4 is 38.5 Å². The predicted octanol–water partition coefficient (Wildman–Crippen LogP) is 6.66. The number of ether oxygens (including phenoxy) is 1. The molecule has 0 saturated carbocycles. The number of hydrogen-bond acceptors (Lipinski definition) is 3. The maximum absolute atomic E-state index is 6.32. The maximum Gasteiger partial charge on any atom is 0.229 e. The second-order valence-electron chi connectivity index (χ2n) is 7.19. The van der Waals surface area contributed by atoms with Gasteiger partial charge in [0.2, 0.25) is 5.88 Å². The summed E-state index contributed by atoms with van der Waals surface area (Å²) < 4.78 is 6.32. The van der Waals surface area contributed by atoms with Crippen LogP contribution in [0.4, 0.5) is 0 Å². The Morgan fingerprint density at radius 1 is 0.964 bits per heavy atom. The highest BCUT2D eigenvalue weighted by Crippen LogP contribution is 2.48. The lowest BCUT2D eigenvalue weighted by Gasteiger charge is -2.22. The molecule has 1 aliphatic rings. The molecule has 3 heteroatoms. The summed E-state index contributed by atoms with van der Waals surface area (Å²) in [7, 11) is 0. The molecule has 6 rings (SSSR count). The SMILES string of the molecule is C=Cc1c(C)ccc2c1cc1c3c(nccc32)-c2cc3ccccc3nc2O1. The Kier molecular flexibility index (Phi) is 2.96. The van der Waals surface area contributed by atoms with Crippen molar-refractivity contribution in [1.29, 1.82) is 0 Å². The third kappa shape index (κ3) is 1.93. The van der Waals surface area contributed by atoms with E-state index < -0.39 is 0 Å². The number of hydrogen-bond donors (Lipinski definition) is 0. The minimum atomic E-state index is 0.610. The second kappa shape index (κ2) is 5.40. The Morgan fingerprint density at radius 3 is 2.75 bits per heavy atom. The molecular weight excluding hydrogens is 344 g/mol. The molecular formula is C25H16N2O. The zero-order chi connectivity index (χ0) is 18.8. The van der Waals surface area contributed by atoms with Gasteiger partial charge in [-0.25, -0.2) is 4.98 Å². The smallest absolute Gasteiger partial charge is 0.229 e. The van der Waals surface area contributed by atoms with Crippen molar-refractivity contribution in [3.63, 3.8) is 0 Å². The lowest BCUT2D eigenvalue weighted by Crippen LogP contribution is -2.02. The van der Waals surface area contributed by atoms with Crippen molar-refractivity contribution < 1.29 is 4.74 Å². The second-order valence-corrected chi connectivity index (χ2v) is 7.19. The van der Waals surface area contributed by atoms with E-state index in [1.165, 1.54) is 10.9 Å². The molecule has 0 saturated heterocycles. The molecule has 3 aromatic carbocycles. The quantitative estimate of drug-likeness (QED) is 0.308. The fourth-order valence-electron chi connectivity index (χ4n) is 4.28. The summed E-state index contributed by atoms with van der Waals surface area (Å²) in [5.74, 6) is 1.41. The number of para-hydroxylation sites is 1. The van der Waals surface area contributed by atoms with E-state index in [1.54, 1.807) is 0 Å². The molecule has 0 spiro atoms. The van der Waals surface area contributed by atoms with Crippen LogP contribution in [0.2, 0.25) is 0 Å². The largest absolute Gasteiger partial charge is 0.438 e. The third-order valence-electron chi connectivity index (χ3n) is 5.62. The molecule has 0 aliphatic carbocycles. The first kappa shape index (κ1) is 15.3. The Morgan fingerprint density at radius 2 is 1.86 bits per heavy atom. The van der Waals surface area contributed by atoms with Crippen LogP contribution in [0.3, 0.4) is 0 Å². The predicted molar refractivity (Wildman–Crippen MR) is 115 cm³/mol. The van der Waals surface area contributed by atoms with Gasteiger partial charge in [0.05, 0.1) is 22.2 Å². The molecule has 3 nitrogen and oxygen atoms in total. The number of benzene rings is 3. The highest BCUT2D eigenvalue weighted by atomic mass is 16.5. The van der Waals surface area contributed by atoms with Crippen molar-refractivity contribution in [2.24, 2.45) is 0 Å². The molecule has 0 bridgehead atoms. The molecule has 0 atom stereocenters. The summed E-state index contributed by atoms with van der Waals surface area (Å²) in [5.41, 5.74) is 5.11. The van der Waals surface area contributed by atoms with Crippen molar-refractivity contribution in [3.8, 4) is 22.9 Å². The van der Waals surface area contributed by atoms with Gasteiger partial charge in [-0.3, -0.25) is 4.98 Å². The number of aryl methyl sites for hydroxylation is 1. The molecule has 3 heterocycles. The van der Waals surface area contributed by atoms with Gasteiger partial charge in [0.25, 0.3) is 0 Å². The molecule has 0 amide bonds. The van der Waals surface area contributed by atoms with Gasteiger partial charge in [-0.1, -0.05) is 43.0 Å². The van der Waals surface area contributed by atoms with Crippen LogP contribution in [0.1, 0.15) is 11.1 Å². The summed E-state index contributed by atoms with van der Waals surface area (Å²) in [6.07, 6.45) is 3.79. The van der Waals surface area contributed by atoms with Crippen LogP contribution in [-0.2, 0) is 0 Å². The molecule has 0 unspecified atom stereocenters. The Hall–Kier alpha value is -3.72. The number of rotatable bonds is 1. The zero-order valence-corrected chi connectivity index (χ0v) is 15.4. The van der Waals surface area contributed by atoms with E-state index in [-0.39, 0.29) is 0 Å². The van der Waals surface area contributed by atoms with Gasteiger partial charge in [-0.05, 0) is 58.5 Å². The summed E-state index contributed by atoms with van der Waals surface area (Å²) in [6.45, 7) is 6.12. The van der Waals surface area contributed by atoms with Gasteiger partial charge >= 0.3 is 0 Å². The maximum atomic E-state index is 6.32. The summed E-state index contributed by atoms with van der Waals surface area (Å²) in [5, 5.41) is 5.58. The number of aromatic nitrogens is 2. The van der Waals surface area contributed by atoms with Crippen LogP contribution in [0.15, 0.2) is 67.4 Å². The average molecular weight is 360 g/mol. The first-order valence-electron chi connectivity index (χ1n) is 9.30. The van der Waals surface area contributed by atoms with Crippen LogP contribution in [0.5, 0.6) is 11.6 Å². The van der Waals surface area contributed by atoms with E-state index in [1.807, 2.05) is 30.5 Å². The fourth-order valence-corrected chi connectivity index (χ4v) is 4.28. The molecule has 0 fully saturated rings. The van der Waals surface area contributed by atoms with Crippen LogP contribution in [-0.4, -0.2) is 9.97 Å². The first-order chi connectivity index (χ1) is 13.7. The normalized spacial score (nSPS) is 12.2. The third-order valence-corrected chi connectivity index (χ3v) is 5.62. The number of fused-ring (bicyclic) bond motifs is 5. The molecule has 28 heavy (non-hydrogen) atoms. The minimum Gasteiger partial charge on any atom is -0.438 e. The molecule has 2 aromatic heterocycles. The van der Waals surface area contributed by atoms with Crippen molar-refractivity contribution in [2.45, 2.75) is 6.92 Å². The standard InChI is InChI=1S/C25H16N2O/c1-3-16-14(2)8-9-17-18-10-11-26-24-20-12-15-6-4-5-7-21(15)27-25(20)28-22(23(18)24)13-19(16)17/h3-13H,1H2,2H3. The van der Waals surface area contributed by atoms with E-state index in [2.05, 4.69) is 49.9 Å². The van der Waals surface area contributed by atoms with Gasteiger partial charge < -0.3 is 4.74 Å². The monoisotopic (exact) mass is 360 g/mol. The van der Waals surface area contributed by atoms with E-state index in [0.717, 1.165) is 49.6 Å². The van der Waals surface area contributed by atoms with Gasteiger partial charge in [0.15, 0.2) is 0 Å². The topological polar surface area (TPSA) is 35.0 Å². The molecule has 5 aromatic rings. The van der Waals surface area contributed by atoms with Crippen LogP contribution < -0.4 is 4.74 Å². The van der Waals surface area contributed by atoms with Crippen molar-refractivity contribution in [3.05, 3.63) is 78.5 Å². The summed E-state index contributed by atoms with van der Waals surface area (Å²) >= 11 is 0. The van der Waals surface area contributed by atoms with E-state index in [4.69, 9.17) is 14.7 Å². The lowest BCUT2D eigenvalue weighted by molar-refractivity contribution is 0.469. The molecule has 0 radical (unpaired) electrons. The van der Waals surface area contributed by atoms with E-state index in [9.17, 15) is 0 Å². The highest BCUT2D eigenvalue weighted by molar-refractivity contribution is 6.17. The van der Waals surface area contributed by atoms with Gasteiger partial charge in [0.1, 0.15) is 5.75 Å². The zero-order valence-electron chi connectivity index (χ0n) is 15.4. The highest BCUT2D eigenvalue weighted by Gasteiger charge is 2.24. The lowest BCUT2D eigenvalue weighted by atomic mass is 9.92. The minimum absolute atomic E-state index is 0.610. The Labute approximate surface area is 161 Å². The molecule has 0 N–H and O–H groups in total. The number of nitrogens with zero attached hydrogens (tertiary/aromatic N) is 2. The van der Waals surface area contributed by atoms with E-state index in [0.29, 0.717) is 5.88 Å². The summed E-state index contributed by atoms with van der Waals surface area (Å²) in [4.78, 5) is 9.47. The van der Waals surface area contributed by atoms with Gasteiger partial charge in [-0.15, -0.1) is 0 Å². The first-order valence-corrected chi connectivity index (χ1v) is 9.30. The van der Waals surface area contributed by atoms with Gasteiger partial charge in [0, 0.05) is 11.6 Å². The van der Waals surface area contributed by atoms with Crippen molar-refractivity contribution in [1.82, 2.24) is 9.97 Å². The fraction of sp³-hybridized carbons (Fsp3) is 0.0400. The van der Waals surface area contributed by atoms with Crippen LogP contribution in [0, 0.1) is 6.92 Å². The van der Waals surface area contributed by atoms with Crippen molar-refractivity contribution in [2.75, 3.05) is 0 Å². The van der Waals surface area contributed by atoms with Crippen LogP contribution >= 0.6 is 0 Å². The average Bonchev–Trinajstić information content (AvgIpc) is 2.72.